The van der Waals surface area contributed by atoms with Crippen molar-refractivity contribution in [3.05, 3.63) is 106 Å². The number of nitrogens with zero attached hydrogens (tertiary/aromatic N) is 2. The molecule has 1 aliphatic rings. The topological polar surface area (TPSA) is 54.3 Å². The average Bonchev–Trinajstić information content (AvgIpc) is 3.59. The van der Waals surface area contributed by atoms with E-state index in [4.69, 9.17) is 0 Å². The summed E-state index contributed by atoms with van der Waals surface area (Å²) in [5.74, 6) is -0.276. The molecule has 4 rings (SSSR count). The zero-order chi connectivity index (χ0) is 20.9. The minimum Gasteiger partial charge on any atom is -0.334 e. The molecule has 0 atom stereocenters. The van der Waals surface area contributed by atoms with Crippen molar-refractivity contribution in [2.75, 3.05) is 0 Å². The highest BCUT2D eigenvalue weighted by molar-refractivity contribution is 5.75. The summed E-state index contributed by atoms with van der Waals surface area (Å²) < 4.78 is 14.8. The Labute approximate surface area is 174 Å². The van der Waals surface area contributed by atoms with Gasteiger partial charge in [-0.1, -0.05) is 42.5 Å². The van der Waals surface area contributed by atoms with E-state index in [0.29, 0.717) is 19.6 Å². The Morgan fingerprint density at radius 2 is 1.63 bits per heavy atom. The molecule has 5 nitrogen and oxygen atoms in total. The van der Waals surface area contributed by atoms with Crippen molar-refractivity contribution in [3.63, 3.8) is 0 Å². The van der Waals surface area contributed by atoms with Crippen molar-refractivity contribution in [3.8, 4) is 0 Å². The van der Waals surface area contributed by atoms with E-state index in [0.717, 1.165) is 29.5 Å². The summed E-state index contributed by atoms with van der Waals surface area (Å²) >= 11 is 0. The van der Waals surface area contributed by atoms with Crippen LogP contribution in [0.25, 0.3) is 0 Å². The normalized spacial score (nSPS) is 13.1. The Morgan fingerprint density at radius 3 is 2.30 bits per heavy atom. The van der Waals surface area contributed by atoms with Gasteiger partial charge in [-0.3, -0.25) is 4.79 Å². The monoisotopic (exact) mass is 405 g/mol. The van der Waals surface area contributed by atoms with Gasteiger partial charge in [0, 0.05) is 31.4 Å². The first-order valence-corrected chi connectivity index (χ1v) is 10.1. The number of carbonyl (C=O) groups is 1. The molecule has 30 heavy (non-hydrogen) atoms. The number of rotatable bonds is 7. The summed E-state index contributed by atoms with van der Waals surface area (Å²) in [6.45, 7) is 1.41. The second kappa shape index (κ2) is 8.95. The number of pyridine rings is 1. The van der Waals surface area contributed by atoms with Gasteiger partial charge in [0.15, 0.2) is 0 Å². The summed E-state index contributed by atoms with van der Waals surface area (Å²) in [5.41, 5.74) is 2.90. The summed E-state index contributed by atoms with van der Waals surface area (Å²) in [6.07, 6.45) is 3.77. The lowest BCUT2D eigenvalue weighted by molar-refractivity contribution is 0.191. The quantitative estimate of drug-likeness (QED) is 0.648. The van der Waals surface area contributed by atoms with Crippen LogP contribution < -0.4 is 10.9 Å². The van der Waals surface area contributed by atoms with Crippen LogP contribution in [0.1, 0.15) is 29.5 Å². The first-order chi connectivity index (χ1) is 14.6. The summed E-state index contributed by atoms with van der Waals surface area (Å²) in [6, 6.07) is 19.4. The molecule has 2 aromatic carbocycles. The number of aromatic nitrogens is 1. The molecule has 1 heterocycles. The maximum absolute atomic E-state index is 13.1. The number of urea groups is 1. The number of halogens is 1. The van der Waals surface area contributed by atoms with Crippen LogP contribution in [0, 0.1) is 5.82 Å². The van der Waals surface area contributed by atoms with Gasteiger partial charge < -0.3 is 14.8 Å². The van der Waals surface area contributed by atoms with Crippen LogP contribution in [-0.4, -0.2) is 21.5 Å². The van der Waals surface area contributed by atoms with Crippen molar-refractivity contribution < 1.29 is 9.18 Å². The molecule has 0 unspecified atom stereocenters. The zero-order valence-corrected chi connectivity index (χ0v) is 16.6. The van der Waals surface area contributed by atoms with Crippen LogP contribution >= 0.6 is 0 Å². The molecule has 3 aromatic rings. The molecule has 1 saturated carbocycles. The number of nitrogens with one attached hydrogen (secondary N) is 1. The molecule has 1 N–H and O–H groups in total. The Kier molecular flexibility index (Phi) is 5.93. The van der Waals surface area contributed by atoms with E-state index in [2.05, 4.69) is 5.32 Å². The van der Waals surface area contributed by atoms with Crippen LogP contribution in [0.4, 0.5) is 9.18 Å². The third-order valence-corrected chi connectivity index (χ3v) is 5.23. The number of benzene rings is 2. The van der Waals surface area contributed by atoms with E-state index >= 15 is 0 Å². The second-order valence-corrected chi connectivity index (χ2v) is 7.63. The Morgan fingerprint density at radius 1 is 0.967 bits per heavy atom. The minimum absolute atomic E-state index is 0.0323. The summed E-state index contributed by atoms with van der Waals surface area (Å²) in [5, 5.41) is 2.99. The molecular formula is C24H24FN3O2. The van der Waals surface area contributed by atoms with E-state index in [1.165, 1.54) is 12.1 Å². The fourth-order valence-corrected chi connectivity index (χ4v) is 3.37. The average molecular weight is 405 g/mol. The van der Waals surface area contributed by atoms with Gasteiger partial charge in [0.25, 0.3) is 5.56 Å². The fourth-order valence-electron chi connectivity index (χ4n) is 3.37. The molecule has 0 spiro atoms. The van der Waals surface area contributed by atoms with Gasteiger partial charge in [0.05, 0.1) is 6.54 Å². The van der Waals surface area contributed by atoms with Crippen LogP contribution in [0.2, 0.25) is 0 Å². The van der Waals surface area contributed by atoms with E-state index in [9.17, 15) is 14.0 Å². The number of carbonyl (C=O) groups excluding carboxylic acids is 1. The Hall–Kier alpha value is -3.41. The summed E-state index contributed by atoms with van der Waals surface area (Å²) in [4.78, 5) is 26.4. The highest BCUT2D eigenvalue weighted by Gasteiger charge is 2.32. The van der Waals surface area contributed by atoms with Crippen molar-refractivity contribution >= 4 is 6.03 Å². The third kappa shape index (κ3) is 5.14. The molecule has 1 fully saturated rings. The lowest BCUT2D eigenvalue weighted by Crippen LogP contribution is -2.40. The highest BCUT2D eigenvalue weighted by atomic mass is 19.1. The number of hydrogen-bond acceptors (Lipinski definition) is 2. The van der Waals surface area contributed by atoms with Gasteiger partial charge in [-0.15, -0.1) is 0 Å². The molecule has 0 bridgehead atoms. The third-order valence-electron chi connectivity index (χ3n) is 5.23. The summed E-state index contributed by atoms with van der Waals surface area (Å²) in [7, 11) is 0. The predicted octanol–water partition coefficient (Wildman–Crippen LogP) is 3.91. The van der Waals surface area contributed by atoms with E-state index in [-0.39, 0.29) is 23.4 Å². The van der Waals surface area contributed by atoms with Gasteiger partial charge >= 0.3 is 6.03 Å². The molecule has 154 valence electrons. The molecule has 1 aromatic heterocycles. The lowest BCUT2D eigenvalue weighted by atomic mass is 10.1. The fraction of sp³-hybridized carbons (Fsp3) is 0.250. The second-order valence-electron chi connectivity index (χ2n) is 7.63. The standard InChI is InChI=1S/C24H24FN3O2/c25-21-10-8-20(9-11-21)17-28(22-12-13-22)24(30)26-15-18-4-6-19(7-5-18)16-27-14-2-1-3-23(27)29/h1-11,14,22H,12-13,15-17H2,(H,26,30). The van der Waals surface area contributed by atoms with Crippen molar-refractivity contribution in [2.45, 2.75) is 38.5 Å². The maximum atomic E-state index is 13.1. The SMILES string of the molecule is O=C(NCc1ccc(Cn2ccccc2=O)cc1)N(Cc1ccc(F)cc1)C1CC1. The van der Waals surface area contributed by atoms with Crippen molar-refractivity contribution in [1.82, 2.24) is 14.8 Å². The van der Waals surface area contributed by atoms with E-state index in [1.807, 2.05) is 35.2 Å². The molecule has 1 aliphatic carbocycles. The minimum atomic E-state index is -0.276. The Balaban J connectivity index is 1.33. The molecule has 2 amide bonds. The van der Waals surface area contributed by atoms with E-state index in [1.54, 1.807) is 35.0 Å². The number of amides is 2. The van der Waals surface area contributed by atoms with Crippen LogP contribution in [-0.2, 0) is 19.6 Å². The highest BCUT2D eigenvalue weighted by Crippen LogP contribution is 2.28. The lowest BCUT2D eigenvalue weighted by Gasteiger charge is -2.23. The Bertz CT molecular complexity index is 1060. The first-order valence-electron chi connectivity index (χ1n) is 10.1. The molecule has 0 saturated heterocycles. The number of hydrogen-bond donors (Lipinski definition) is 1. The first kappa shape index (κ1) is 19.9. The molecule has 6 heteroatoms. The van der Waals surface area contributed by atoms with Gasteiger partial charge in [-0.2, -0.15) is 0 Å². The van der Waals surface area contributed by atoms with Gasteiger partial charge in [-0.05, 0) is 47.7 Å². The smallest absolute Gasteiger partial charge is 0.318 e. The molecular weight excluding hydrogens is 381 g/mol. The molecule has 0 aliphatic heterocycles. The van der Waals surface area contributed by atoms with Gasteiger partial charge in [0.1, 0.15) is 5.82 Å². The maximum Gasteiger partial charge on any atom is 0.318 e. The van der Waals surface area contributed by atoms with Crippen molar-refractivity contribution in [2.24, 2.45) is 0 Å². The van der Waals surface area contributed by atoms with Crippen LogP contribution in [0.5, 0.6) is 0 Å². The van der Waals surface area contributed by atoms with Crippen LogP contribution in [0.3, 0.4) is 0 Å². The van der Waals surface area contributed by atoms with Crippen LogP contribution in [0.15, 0.2) is 77.7 Å². The molecule has 0 radical (unpaired) electrons. The van der Waals surface area contributed by atoms with Crippen molar-refractivity contribution in [1.29, 1.82) is 0 Å². The zero-order valence-electron chi connectivity index (χ0n) is 16.6. The predicted molar refractivity (Wildman–Crippen MR) is 113 cm³/mol. The van der Waals surface area contributed by atoms with Gasteiger partial charge in [0.2, 0.25) is 0 Å². The largest absolute Gasteiger partial charge is 0.334 e. The van der Waals surface area contributed by atoms with Gasteiger partial charge in [-0.25, -0.2) is 9.18 Å². The van der Waals surface area contributed by atoms with E-state index < -0.39 is 0 Å².